The summed E-state index contributed by atoms with van der Waals surface area (Å²) in [4.78, 5) is 24.6. The molecule has 2 aliphatic heterocycles. The van der Waals surface area contributed by atoms with Crippen molar-refractivity contribution in [1.82, 2.24) is 14.7 Å². The standard InChI is InChI=1S/C21H19ClN4O4/c22-19-15(10-26(24-19)11-6-8-25(9-7-11)21(29)30)18(27)13-4-5-16-17-12(13)2-1-3-14(17)20(28)23-16/h1-5,10-11,18,27H,6-9H2,(H,23,28)(H,29,30). The second-order valence-electron chi connectivity index (χ2n) is 7.64. The number of hydrogen-bond acceptors (Lipinski definition) is 4. The molecule has 5 rings (SSSR count). The van der Waals surface area contributed by atoms with Gasteiger partial charge in [-0.15, -0.1) is 0 Å². The Morgan fingerprint density at radius 1 is 1.20 bits per heavy atom. The normalized spacial score (nSPS) is 17.4. The molecule has 0 radical (unpaired) electrons. The molecule has 1 atom stereocenters. The van der Waals surface area contributed by atoms with Crippen LogP contribution in [-0.2, 0) is 0 Å². The molecule has 1 fully saturated rings. The highest BCUT2D eigenvalue weighted by Crippen LogP contribution is 2.39. The Kier molecular flexibility index (Phi) is 4.41. The van der Waals surface area contributed by atoms with Crippen LogP contribution in [0.3, 0.4) is 0 Å². The largest absolute Gasteiger partial charge is 0.465 e. The number of rotatable bonds is 3. The highest BCUT2D eigenvalue weighted by molar-refractivity contribution is 6.30. The van der Waals surface area contributed by atoms with Crippen LogP contribution in [0.2, 0.25) is 5.15 Å². The van der Waals surface area contributed by atoms with Crippen LogP contribution in [-0.4, -0.2) is 50.0 Å². The zero-order valence-electron chi connectivity index (χ0n) is 15.9. The molecule has 1 aromatic heterocycles. The summed E-state index contributed by atoms with van der Waals surface area (Å²) in [7, 11) is 0. The number of likely N-dealkylation sites (tertiary alicyclic amines) is 1. The molecule has 3 aromatic rings. The minimum atomic E-state index is -1.01. The van der Waals surface area contributed by atoms with Crippen molar-refractivity contribution in [3.8, 4) is 0 Å². The number of aliphatic hydroxyl groups is 1. The lowest BCUT2D eigenvalue weighted by molar-refractivity contribution is 0.103. The summed E-state index contributed by atoms with van der Waals surface area (Å²) >= 11 is 6.37. The zero-order chi connectivity index (χ0) is 21.0. The molecular weight excluding hydrogens is 408 g/mol. The van der Waals surface area contributed by atoms with Crippen molar-refractivity contribution in [1.29, 1.82) is 0 Å². The number of aliphatic hydroxyl groups excluding tert-OH is 1. The Morgan fingerprint density at radius 3 is 2.70 bits per heavy atom. The van der Waals surface area contributed by atoms with Gasteiger partial charge in [-0.05, 0) is 35.9 Å². The first kappa shape index (κ1) is 18.9. The van der Waals surface area contributed by atoms with E-state index in [2.05, 4.69) is 10.4 Å². The van der Waals surface area contributed by atoms with Gasteiger partial charge < -0.3 is 20.4 Å². The fraction of sp³-hybridized carbons (Fsp3) is 0.286. The maximum atomic E-state index is 12.1. The molecule has 1 saturated heterocycles. The average Bonchev–Trinajstić information content (AvgIpc) is 3.29. The van der Waals surface area contributed by atoms with E-state index in [-0.39, 0.29) is 17.1 Å². The van der Waals surface area contributed by atoms with Gasteiger partial charge in [-0.2, -0.15) is 5.10 Å². The van der Waals surface area contributed by atoms with Crippen LogP contribution in [0, 0.1) is 0 Å². The topological polar surface area (TPSA) is 108 Å². The maximum Gasteiger partial charge on any atom is 0.407 e. The van der Waals surface area contributed by atoms with Crippen LogP contribution in [0.1, 0.15) is 46.5 Å². The number of benzene rings is 2. The number of nitrogens with zero attached hydrogens (tertiary/aromatic N) is 3. The van der Waals surface area contributed by atoms with E-state index in [0.717, 1.165) is 16.5 Å². The fourth-order valence-electron chi connectivity index (χ4n) is 4.39. The third-order valence-electron chi connectivity index (χ3n) is 5.98. The third kappa shape index (κ3) is 2.91. The number of halogens is 1. The summed E-state index contributed by atoms with van der Waals surface area (Å²) in [6.07, 6.45) is 1.08. The Balaban J connectivity index is 1.47. The molecule has 154 valence electrons. The Bertz CT molecular complexity index is 1180. The van der Waals surface area contributed by atoms with E-state index in [0.29, 0.717) is 42.6 Å². The number of nitrogens with one attached hydrogen (secondary N) is 1. The fourth-order valence-corrected chi connectivity index (χ4v) is 4.63. The number of hydrogen-bond donors (Lipinski definition) is 3. The monoisotopic (exact) mass is 426 g/mol. The van der Waals surface area contributed by atoms with Crippen molar-refractivity contribution in [2.75, 3.05) is 18.4 Å². The molecule has 9 heteroatoms. The molecule has 2 aliphatic rings. The summed E-state index contributed by atoms with van der Waals surface area (Å²) in [5.41, 5.74) is 2.45. The van der Waals surface area contributed by atoms with E-state index >= 15 is 0 Å². The Labute approximate surface area is 176 Å². The third-order valence-corrected chi connectivity index (χ3v) is 6.27. The molecule has 3 N–H and O–H groups in total. The van der Waals surface area contributed by atoms with E-state index in [4.69, 9.17) is 16.7 Å². The minimum Gasteiger partial charge on any atom is -0.465 e. The molecule has 1 unspecified atom stereocenters. The minimum absolute atomic E-state index is 0.0219. The Morgan fingerprint density at radius 2 is 1.97 bits per heavy atom. The number of carbonyl (C=O) groups excluding carboxylic acids is 1. The van der Waals surface area contributed by atoms with Gasteiger partial charge >= 0.3 is 6.09 Å². The van der Waals surface area contributed by atoms with Crippen molar-refractivity contribution in [2.24, 2.45) is 0 Å². The quantitative estimate of drug-likeness (QED) is 0.592. The number of amides is 2. The van der Waals surface area contributed by atoms with Gasteiger partial charge in [0, 0.05) is 41.5 Å². The van der Waals surface area contributed by atoms with Crippen LogP contribution in [0.15, 0.2) is 36.5 Å². The van der Waals surface area contributed by atoms with Crippen LogP contribution in [0.25, 0.3) is 10.8 Å². The van der Waals surface area contributed by atoms with Gasteiger partial charge in [-0.3, -0.25) is 9.48 Å². The van der Waals surface area contributed by atoms with Gasteiger partial charge in [-0.1, -0.05) is 29.8 Å². The molecule has 0 aliphatic carbocycles. The average molecular weight is 427 g/mol. The number of carbonyl (C=O) groups is 2. The molecule has 0 saturated carbocycles. The second-order valence-corrected chi connectivity index (χ2v) is 8.00. The number of aromatic nitrogens is 2. The molecular formula is C21H19ClN4O4. The van der Waals surface area contributed by atoms with Gasteiger partial charge in [0.15, 0.2) is 5.15 Å². The summed E-state index contributed by atoms with van der Waals surface area (Å²) in [6, 6.07) is 9.03. The molecule has 0 bridgehead atoms. The SMILES string of the molecule is O=C1Nc2ccc(C(O)c3cn(C4CCN(C(=O)O)CC4)nc3Cl)c3cccc1c23. The molecule has 0 spiro atoms. The summed E-state index contributed by atoms with van der Waals surface area (Å²) in [6.45, 7) is 0.872. The van der Waals surface area contributed by atoms with Crippen LogP contribution < -0.4 is 5.32 Å². The van der Waals surface area contributed by atoms with Gasteiger partial charge in [0.1, 0.15) is 6.10 Å². The molecule has 3 heterocycles. The number of carboxylic acid groups (broad SMARTS) is 1. The Hall–Kier alpha value is -3.10. The molecule has 2 aromatic carbocycles. The molecule has 8 nitrogen and oxygen atoms in total. The molecule has 30 heavy (non-hydrogen) atoms. The molecule has 2 amide bonds. The lowest BCUT2D eigenvalue weighted by Crippen LogP contribution is -2.38. The number of piperidine rings is 1. The summed E-state index contributed by atoms with van der Waals surface area (Å²) in [5, 5.41) is 29.3. The van der Waals surface area contributed by atoms with Gasteiger partial charge in [0.05, 0.1) is 6.04 Å². The van der Waals surface area contributed by atoms with Crippen molar-refractivity contribution < 1.29 is 19.8 Å². The van der Waals surface area contributed by atoms with E-state index in [9.17, 15) is 14.7 Å². The first-order valence-corrected chi connectivity index (χ1v) is 10.1. The highest BCUT2D eigenvalue weighted by atomic mass is 35.5. The van der Waals surface area contributed by atoms with Crippen molar-refractivity contribution in [3.63, 3.8) is 0 Å². The lowest BCUT2D eigenvalue weighted by Gasteiger charge is -2.30. The van der Waals surface area contributed by atoms with Crippen molar-refractivity contribution in [3.05, 3.63) is 58.4 Å². The van der Waals surface area contributed by atoms with Gasteiger partial charge in [-0.25, -0.2) is 4.79 Å². The van der Waals surface area contributed by atoms with E-state index in [1.165, 1.54) is 4.90 Å². The van der Waals surface area contributed by atoms with Gasteiger partial charge in [0.25, 0.3) is 5.91 Å². The second kappa shape index (κ2) is 7.00. The van der Waals surface area contributed by atoms with E-state index in [1.54, 1.807) is 35.1 Å². The first-order chi connectivity index (χ1) is 14.4. The van der Waals surface area contributed by atoms with E-state index in [1.807, 2.05) is 6.07 Å². The smallest absolute Gasteiger partial charge is 0.407 e. The summed E-state index contributed by atoms with van der Waals surface area (Å²) < 4.78 is 1.73. The van der Waals surface area contributed by atoms with Crippen LogP contribution in [0.4, 0.5) is 10.5 Å². The van der Waals surface area contributed by atoms with E-state index < -0.39 is 12.2 Å². The summed E-state index contributed by atoms with van der Waals surface area (Å²) in [5.74, 6) is -0.152. The van der Waals surface area contributed by atoms with Crippen LogP contribution >= 0.6 is 11.6 Å². The zero-order valence-corrected chi connectivity index (χ0v) is 16.6. The number of anilines is 1. The predicted octanol–water partition coefficient (Wildman–Crippen LogP) is 3.65. The maximum absolute atomic E-state index is 12.1. The highest BCUT2D eigenvalue weighted by Gasteiger charge is 2.28. The van der Waals surface area contributed by atoms with Crippen molar-refractivity contribution >= 4 is 40.1 Å². The lowest BCUT2D eigenvalue weighted by atomic mass is 9.95. The van der Waals surface area contributed by atoms with Gasteiger partial charge in [0.2, 0.25) is 0 Å². The predicted molar refractivity (Wildman–Crippen MR) is 111 cm³/mol. The first-order valence-electron chi connectivity index (χ1n) is 9.71. The van der Waals surface area contributed by atoms with Crippen LogP contribution in [0.5, 0.6) is 0 Å². The van der Waals surface area contributed by atoms with Crippen molar-refractivity contribution in [2.45, 2.75) is 25.0 Å².